The Morgan fingerprint density at radius 1 is 1.08 bits per heavy atom. The van der Waals surface area contributed by atoms with Crippen LogP contribution in [-0.2, 0) is 21.2 Å². The van der Waals surface area contributed by atoms with Gasteiger partial charge in [0.2, 0.25) is 9.84 Å². The third-order valence-corrected chi connectivity index (χ3v) is 6.07. The molecule has 5 nitrogen and oxygen atoms in total. The van der Waals surface area contributed by atoms with Gasteiger partial charge in [0.15, 0.2) is 0 Å². The number of carbonyl (C=O) groups is 1. The summed E-state index contributed by atoms with van der Waals surface area (Å²) in [5.74, 6) is -0.941. The van der Waals surface area contributed by atoms with Gasteiger partial charge in [-0.05, 0) is 19.1 Å². The zero-order valence-corrected chi connectivity index (χ0v) is 14.2. The number of benzene rings is 2. The van der Waals surface area contributed by atoms with Crippen LogP contribution in [0.3, 0.4) is 0 Å². The molecular formula is C19H15NO4S. The van der Waals surface area contributed by atoms with Crippen LogP contribution in [0.25, 0.3) is 16.5 Å². The molecule has 2 aromatic carbocycles. The molecule has 0 fully saturated rings. The first-order valence-corrected chi connectivity index (χ1v) is 9.31. The molecule has 4 rings (SSSR count). The number of hydrogen-bond acceptors (Lipinski definition) is 3. The maximum Gasteiger partial charge on any atom is 0.323 e. The minimum atomic E-state index is -3.49. The fourth-order valence-corrected chi connectivity index (χ4v) is 4.96. The first-order valence-electron chi connectivity index (χ1n) is 7.76. The lowest BCUT2D eigenvalue weighted by Crippen LogP contribution is -2.10. The van der Waals surface area contributed by atoms with Gasteiger partial charge in [-0.1, -0.05) is 36.4 Å². The molecule has 0 atom stereocenters. The van der Waals surface area contributed by atoms with Crippen LogP contribution in [0.2, 0.25) is 0 Å². The molecule has 3 aromatic rings. The lowest BCUT2D eigenvalue weighted by atomic mass is 9.97. The quantitative estimate of drug-likeness (QED) is 0.784. The topological polar surface area (TPSA) is 76.4 Å². The molecule has 1 N–H and O–H groups in total. The van der Waals surface area contributed by atoms with Gasteiger partial charge in [-0.25, -0.2) is 8.42 Å². The smallest absolute Gasteiger partial charge is 0.323 e. The number of aromatic nitrogens is 1. The van der Waals surface area contributed by atoms with E-state index in [1.807, 2.05) is 31.2 Å². The second-order valence-corrected chi connectivity index (χ2v) is 7.80. The molecule has 1 aromatic heterocycles. The normalized spacial score (nSPS) is 15.2. The van der Waals surface area contributed by atoms with Gasteiger partial charge in [0.05, 0.1) is 4.90 Å². The predicted molar refractivity (Wildman–Crippen MR) is 95.0 cm³/mol. The fraction of sp³-hybridized carbons (Fsp3) is 0.105. The zero-order valence-electron chi connectivity index (χ0n) is 13.4. The molecule has 0 unspecified atom stereocenters. The van der Waals surface area contributed by atoms with E-state index in [1.54, 1.807) is 28.8 Å². The first kappa shape index (κ1) is 15.7. The molecule has 126 valence electrons. The number of carboxylic acid groups (broad SMARTS) is 1. The second-order valence-electron chi connectivity index (χ2n) is 6.03. The summed E-state index contributed by atoms with van der Waals surface area (Å²) in [6, 6.07) is 14.3. The highest BCUT2D eigenvalue weighted by Gasteiger charge is 2.30. The Balaban J connectivity index is 2.07. The van der Waals surface area contributed by atoms with Gasteiger partial charge in [0, 0.05) is 38.7 Å². The van der Waals surface area contributed by atoms with Gasteiger partial charge in [0.25, 0.3) is 0 Å². The Kier molecular flexibility index (Phi) is 3.33. The molecule has 6 heteroatoms. The molecule has 1 aliphatic rings. The summed E-state index contributed by atoms with van der Waals surface area (Å²) in [4.78, 5) is 11.6. The zero-order chi connectivity index (χ0) is 17.8. The van der Waals surface area contributed by atoms with Crippen molar-refractivity contribution < 1.29 is 18.3 Å². The number of carboxylic acids is 1. The SMILES string of the molecule is Cc1c(C2=CS(=O)(=O)c3ccccc32)c2ccccc2n1CC(=O)O. The van der Waals surface area contributed by atoms with Crippen LogP contribution in [0.4, 0.5) is 0 Å². The Morgan fingerprint density at radius 3 is 2.52 bits per heavy atom. The average molecular weight is 353 g/mol. The van der Waals surface area contributed by atoms with E-state index in [4.69, 9.17) is 0 Å². The molecule has 0 bridgehead atoms. The van der Waals surface area contributed by atoms with E-state index >= 15 is 0 Å². The van der Waals surface area contributed by atoms with E-state index in [9.17, 15) is 18.3 Å². The largest absolute Gasteiger partial charge is 0.480 e. The van der Waals surface area contributed by atoms with Crippen molar-refractivity contribution in [2.45, 2.75) is 18.4 Å². The summed E-state index contributed by atoms with van der Waals surface area (Å²) in [6.45, 7) is 1.65. The standard InChI is InChI=1S/C19H15NO4S/c1-12-19(14-7-2-4-8-16(14)20(12)10-18(21)22)15-11-25(23,24)17-9-5-3-6-13(15)17/h2-9,11H,10H2,1H3,(H,21,22). The van der Waals surface area contributed by atoms with E-state index in [1.165, 1.54) is 5.41 Å². The van der Waals surface area contributed by atoms with Gasteiger partial charge in [-0.15, -0.1) is 0 Å². The third kappa shape index (κ3) is 2.29. The minimum Gasteiger partial charge on any atom is -0.480 e. The highest BCUT2D eigenvalue weighted by atomic mass is 32.2. The molecule has 0 amide bonds. The summed E-state index contributed by atoms with van der Waals surface area (Å²) in [5.41, 5.74) is 3.56. The summed E-state index contributed by atoms with van der Waals surface area (Å²) in [5, 5.41) is 11.4. The van der Waals surface area contributed by atoms with E-state index in [2.05, 4.69) is 0 Å². The van der Waals surface area contributed by atoms with Crippen LogP contribution < -0.4 is 0 Å². The van der Waals surface area contributed by atoms with E-state index in [-0.39, 0.29) is 6.54 Å². The molecule has 0 spiro atoms. The highest BCUT2D eigenvalue weighted by Crippen LogP contribution is 2.42. The second kappa shape index (κ2) is 5.32. The van der Waals surface area contributed by atoms with Crippen LogP contribution >= 0.6 is 0 Å². The van der Waals surface area contributed by atoms with Gasteiger partial charge in [0.1, 0.15) is 6.54 Å². The number of para-hydroxylation sites is 1. The summed E-state index contributed by atoms with van der Waals surface area (Å²) >= 11 is 0. The van der Waals surface area contributed by atoms with E-state index in [0.29, 0.717) is 16.0 Å². The predicted octanol–water partition coefficient (Wildman–Crippen LogP) is 3.21. The number of hydrogen-bond donors (Lipinski definition) is 1. The number of nitrogens with zero attached hydrogens (tertiary/aromatic N) is 1. The van der Waals surface area contributed by atoms with Crippen molar-refractivity contribution in [2.24, 2.45) is 0 Å². The third-order valence-electron chi connectivity index (χ3n) is 4.55. The van der Waals surface area contributed by atoms with Crippen molar-refractivity contribution in [1.82, 2.24) is 4.57 Å². The summed E-state index contributed by atoms with van der Waals surface area (Å²) < 4.78 is 26.7. The molecule has 0 saturated carbocycles. The van der Waals surface area contributed by atoms with E-state index < -0.39 is 15.8 Å². The Bertz CT molecular complexity index is 1170. The highest BCUT2D eigenvalue weighted by molar-refractivity contribution is 7.95. The molecule has 2 heterocycles. The number of sulfone groups is 1. The van der Waals surface area contributed by atoms with E-state index in [0.717, 1.165) is 22.2 Å². The Morgan fingerprint density at radius 2 is 1.76 bits per heavy atom. The van der Waals surface area contributed by atoms with Crippen LogP contribution in [0.5, 0.6) is 0 Å². The molecule has 25 heavy (non-hydrogen) atoms. The lowest BCUT2D eigenvalue weighted by Gasteiger charge is -2.07. The van der Waals surface area contributed by atoms with Crippen molar-refractivity contribution in [3.63, 3.8) is 0 Å². The Hall–Kier alpha value is -2.86. The molecule has 0 saturated heterocycles. The van der Waals surface area contributed by atoms with Gasteiger partial charge in [-0.3, -0.25) is 4.79 Å². The van der Waals surface area contributed by atoms with Gasteiger partial charge < -0.3 is 9.67 Å². The van der Waals surface area contributed by atoms with Crippen molar-refractivity contribution in [3.8, 4) is 0 Å². The van der Waals surface area contributed by atoms with Gasteiger partial charge >= 0.3 is 5.97 Å². The summed E-state index contributed by atoms with van der Waals surface area (Å²) in [6.07, 6.45) is 0. The maximum absolute atomic E-state index is 12.5. The van der Waals surface area contributed by atoms with Crippen LogP contribution in [0.15, 0.2) is 58.8 Å². The van der Waals surface area contributed by atoms with Crippen LogP contribution in [0.1, 0.15) is 16.8 Å². The number of fused-ring (bicyclic) bond motifs is 2. The van der Waals surface area contributed by atoms with Crippen molar-refractivity contribution >= 4 is 32.3 Å². The molecule has 0 radical (unpaired) electrons. The first-order chi connectivity index (χ1) is 11.9. The van der Waals surface area contributed by atoms with Crippen molar-refractivity contribution in [2.75, 3.05) is 0 Å². The van der Waals surface area contributed by atoms with Crippen LogP contribution in [0, 0.1) is 6.92 Å². The molecule has 1 aliphatic heterocycles. The van der Waals surface area contributed by atoms with Crippen LogP contribution in [-0.4, -0.2) is 24.1 Å². The number of aliphatic carboxylic acids is 1. The van der Waals surface area contributed by atoms with Gasteiger partial charge in [-0.2, -0.15) is 0 Å². The lowest BCUT2D eigenvalue weighted by molar-refractivity contribution is -0.137. The summed E-state index contributed by atoms with van der Waals surface area (Å²) in [7, 11) is -3.49. The monoisotopic (exact) mass is 353 g/mol. The molecule has 0 aliphatic carbocycles. The minimum absolute atomic E-state index is 0.173. The van der Waals surface area contributed by atoms with Crippen molar-refractivity contribution in [1.29, 1.82) is 0 Å². The number of rotatable bonds is 3. The fourth-order valence-electron chi connectivity index (χ4n) is 3.52. The average Bonchev–Trinajstić information content (AvgIpc) is 3.00. The van der Waals surface area contributed by atoms with Crippen molar-refractivity contribution in [3.05, 3.63) is 70.8 Å². The Labute approximate surface area is 144 Å². The maximum atomic E-state index is 12.5. The molecular weight excluding hydrogens is 338 g/mol.